The van der Waals surface area contributed by atoms with Gasteiger partial charge in [-0.1, -0.05) is 29.3 Å². The van der Waals surface area contributed by atoms with E-state index in [1.54, 1.807) is 30.6 Å². The van der Waals surface area contributed by atoms with E-state index in [9.17, 15) is 9.59 Å². The number of rotatable bonds is 5. The van der Waals surface area contributed by atoms with Crippen LogP contribution in [0.1, 0.15) is 10.4 Å². The molecule has 3 aromatic rings. The second kappa shape index (κ2) is 7.82. The number of carbonyl (C=O) groups excluding carboxylic acids is 1. The Labute approximate surface area is 157 Å². The van der Waals surface area contributed by atoms with Crippen molar-refractivity contribution >= 4 is 45.6 Å². The van der Waals surface area contributed by atoms with Crippen LogP contribution < -0.4 is 10.9 Å². The highest BCUT2D eigenvalue weighted by atomic mass is 35.5. The molecule has 0 bridgehead atoms. The van der Waals surface area contributed by atoms with E-state index >= 15 is 0 Å². The van der Waals surface area contributed by atoms with Crippen molar-refractivity contribution in [1.29, 1.82) is 0 Å². The van der Waals surface area contributed by atoms with E-state index in [4.69, 9.17) is 23.2 Å². The first-order valence-electron chi connectivity index (χ1n) is 7.34. The summed E-state index contributed by atoms with van der Waals surface area (Å²) in [5, 5.41) is 4.34. The van der Waals surface area contributed by atoms with Crippen LogP contribution in [0, 0.1) is 0 Å². The molecule has 2 aromatic heterocycles. The van der Waals surface area contributed by atoms with Gasteiger partial charge in [0.25, 0.3) is 5.56 Å². The van der Waals surface area contributed by atoms with Crippen molar-refractivity contribution in [1.82, 2.24) is 9.55 Å². The third-order valence-corrected chi connectivity index (χ3v) is 4.66. The zero-order valence-electron chi connectivity index (χ0n) is 12.9. The molecule has 8 heteroatoms. The van der Waals surface area contributed by atoms with Crippen molar-refractivity contribution in [2.45, 2.75) is 13.0 Å². The second-order valence-electron chi connectivity index (χ2n) is 5.30. The van der Waals surface area contributed by atoms with E-state index in [0.29, 0.717) is 21.6 Å². The maximum atomic E-state index is 12.1. The Bertz CT molecular complexity index is 948. The minimum atomic E-state index is -0.306. The molecule has 25 heavy (non-hydrogen) atoms. The molecule has 0 saturated carbocycles. The molecule has 1 aromatic carbocycles. The maximum Gasteiger partial charge on any atom is 0.250 e. The SMILES string of the molecule is O=C(Cn1ccccc1=O)Nc1ncc(Cc2cc(Cl)cc(Cl)c2)s1. The van der Waals surface area contributed by atoms with Crippen LogP contribution in [-0.2, 0) is 17.8 Å². The van der Waals surface area contributed by atoms with Gasteiger partial charge in [0.05, 0.1) is 0 Å². The van der Waals surface area contributed by atoms with Gasteiger partial charge in [0.15, 0.2) is 5.13 Å². The molecule has 0 radical (unpaired) electrons. The maximum absolute atomic E-state index is 12.1. The van der Waals surface area contributed by atoms with Crippen LogP contribution in [0.25, 0.3) is 0 Å². The molecule has 0 fully saturated rings. The van der Waals surface area contributed by atoms with Crippen LogP contribution in [0.4, 0.5) is 5.13 Å². The Kier molecular flexibility index (Phi) is 5.53. The fourth-order valence-corrected chi connectivity index (χ4v) is 3.70. The van der Waals surface area contributed by atoms with Crippen molar-refractivity contribution in [2.75, 3.05) is 5.32 Å². The van der Waals surface area contributed by atoms with Gasteiger partial charge in [-0.25, -0.2) is 4.98 Å². The molecule has 0 aliphatic heterocycles. The summed E-state index contributed by atoms with van der Waals surface area (Å²) in [4.78, 5) is 28.8. The molecule has 3 rings (SSSR count). The quantitative estimate of drug-likeness (QED) is 0.715. The van der Waals surface area contributed by atoms with Crippen LogP contribution in [0.3, 0.4) is 0 Å². The third-order valence-electron chi connectivity index (χ3n) is 3.31. The summed E-state index contributed by atoms with van der Waals surface area (Å²) in [6.07, 6.45) is 3.88. The van der Waals surface area contributed by atoms with E-state index < -0.39 is 0 Å². The first-order chi connectivity index (χ1) is 12.0. The molecule has 0 aliphatic carbocycles. The van der Waals surface area contributed by atoms with Gasteiger partial charge in [0, 0.05) is 39.8 Å². The number of amides is 1. The summed E-state index contributed by atoms with van der Waals surface area (Å²) in [6, 6.07) is 10.1. The Balaban J connectivity index is 1.64. The molecule has 1 amide bonds. The van der Waals surface area contributed by atoms with Crippen LogP contribution >= 0.6 is 34.5 Å². The minimum Gasteiger partial charge on any atom is -0.306 e. The normalized spacial score (nSPS) is 10.6. The molecule has 0 saturated heterocycles. The fourth-order valence-electron chi connectivity index (χ4n) is 2.27. The number of carbonyl (C=O) groups is 1. The number of nitrogens with zero attached hydrogens (tertiary/aromatic N) is 2. The number of aromatic nitrogens is 2. The number of hydrogen-bond acceptors (Lipinski definition) is 4. The summed E-state index contributed by atoms with van der Waals surface area (Å²) in [7, 11) is 0. The molecule has 0 unspecified atom stereocenters. The van der Waals surface area contributed by atoms with Crippen molar-refractivity contribution < 1.29 is 4.79 Å². The highest BCUT2D eigenvalue weighted by molar-refractivity contribution is 7.15. The van der Waals surface area contributed by atoms with Gasteiger partial charge in [-0.3, -0.25) is 9.59 Å². The lowest BCUT2D eigenvalue weighted by Crippen LogP contribution is -2.26. The van der Waals surface area contributed by atoms with Gasteiger partial charge in [0.1, 0.15) is 6.54 Å². The Morgan fingerprint density at radius 1 is 1.20 bits per heavy atom. The van der Waals surface area contributed by atoms with Gasteiger partial charge in [-0.05, 0) is 29.8 Å². The first-order valence-corrected chi connectivity index (χ1v) is 8.92. The molecule has 1 N–H and O–H groups in total. The van der Waals surface area contributed by atoms with Gasteiger partial charge in [-0.15, -0.1) is 11.3 Å². The first kappa shape index (κ1) is 17.7. The van der Waals surface area contributed by atoms with Crippen molar-refractivity contribution in [2.24, 2.45) is 0 Å². The lowest BCUT2D eigenvalue weighted by Gasteiger charge is -2.04. The van der Waals surface area contributed by atoms with Crippen molar-refractivity contribution in [3.8, 4) is 0 Å². The van der Waals surface area contributed by atoms with Crippen LogP contribution in [0.2, 0.25) is 10.0 Å². The van der Waals surface area contributed by atoms with E-state index in [0.717, 1.165) is 10.4 Å². The fraction of sp³-hybridized carbons (Fsp3) is 0.118. The van der Waals surface area contributed by atoms with Crippen molar-refractivity contribution in [3.63, 3.8) is 0 Å². The summed E-state index contributed by atoms with van der Waals surface area (Å²) in [5.41, 5.74) is 0.741. The van der Waals surface area contributed by atoms with Crippen molar-refractivity contribution in [3.05, 3.63) is 79.6 Å². The van der Waals surface area contributed by atoms with E-state index in [2.05, 4.69) is 10.3 Å². The zero-order chi connectivity index (χ0) is 17.8. The van der Waals surface area contributed by atoms with E-state index in [1.165, 1.54) is 22.0 Å². The van der Waals surface area contributed by atoms with Gasteiger partial charge < -0.3 is 9.88 Å². The minimum absolute atomic E-state index is 0.0571. The molecular formula is C17H13Cl2N3O2S. The second-order valence-corrected chi connectivity index (χ2v) is 7.29. The lowest BCUT2D eigenvalue weighted by atomic mass is 10.1. The lowest BCUT2D eigenvalue weighted by molar-refractivity contribution is -0.116. The summed E-state index contributed by atoms with van der Waals surface area (Å²) >= 11 is 13.4. The number of halogens is 2. The van der Waals surface area contributed by atoms with Crippen LogP contribution in [-0.4, -0.2) is 15.5 Å². The third kappa shape index (κ3) is 4.92. The van der Waals surface area contributed by atoms with Gasteiger partial charge in [0.2, 0.25) is 5.91 Å². The molecule has 2 heterocycles. The summed E-state index contributed by atoms with van der Waals surface area (Å²) in [6.45, 7) is -0.0571. The topological polar surface area (TPSA) is 64.0 Å². The molecule has 0 spiro atoms. The van der Waals surface area contributed by atoms with E-state index in [1.807, 2.05) is 12.1 Å². The predicted molar refractivity (Wildman–Crippen MR) is 101 cm³/mol. The number of thiazole rings is 1. The average Bonchev–Trinajstić information content (AvgIpc) is 2.95. The standard InChI is InChI=1S/C17H13Cl2N3O2S/c18-12-5-11(6-13(19)8-12)7-14-9-20-17(25-14)21-15(23)10-22-4-2-1-3-16(22)24/h1-6,8-9H,7,10H2,(H,20,21,23). The van der Waals surface area contributed by atoms with Crippen LogP contribution in [0.15, 0.2) is 53.6 Å². The molecule has 0 atom stereocenters. The molecule has 5 nitrogen and oxygen atoms in total. The van der Waals surface area contributed by atoms with Crippen LogP contribution in [0.5, 0.6) is 0 Å². The predicted octanol–water partition coefficient (Wildman–Crippen LogP) is 3.84. The van der Waals surface area contributed by atoms with Gasteiger partial charge in [-0.2, -0.15) is 0 Å². The van der Waals surface area contributed by atoms with Gasteiger partial charge >= 0.3 is 0 Å². The molecular weight excluding hydrogens is 381 g/mol. The molecule has 0 aliphatic rings. The Morgan fingerprint density at radius 3 is 2.68 bits per heavy atom. The Hall–Kier alpha value is -2.15. The number of nitrogens with one attached hydrogen (secondary N) is 1. The highest BCUT2D eigenvalue weighted by Crippen LogP contribution is 2.25. The number of pyridine rings is 1. The Morgan fingerprint density at radius 2 is 1.96 bits per heavy atom. The smallest absolute Gasteiger partial charge is 0.250 e. The average molecular weight is 394 g/mol. The number of benzene rings is 1. The monoisotopic (exact) mass is 393 g/mol. The molecule has 128 valence electrons. The zero-order valence-corrected chi connectivity index (χ0v) is 15.2. The number of anilines is 1. The summed E-state index contributed by atoms with van der Waals surface area (Å²) in [5.74, 6) is -0.306. The summed E-state index contributed by atoms with van der Waals surface area (Å²) < 4.78 is 1.33. The largest absolute Gasteiger partial charge is 0.306 e. The highest BCUT2D eigenvalue weighted by Gasteiger charge is 2.09. The van der Waals surface area contributed by atoms with E-state index in [-0.39, 0.29) is 18.0 Å². The number of hydrogen-bond donors (Lipinski definition) is 1.